The van der Waals surface area contributed by atoms with E-state index in [2.05, 4.69) is 425 Å². The summed E-state index contributed by atoms with van der Waals surface area (Å²) in [6, 6.07) is 147. The van der Waals surface area contributed by atoms with Crippen LogP contribution in [-0.4, -0.2) is 6.71 Å². The highest BCUT2D eigenvalue weighted by Gasteiger charge is 2.45. The quantitative estimate of drug-likeness (QED) is 0.0706. The number of rotatable bonds is 16. The van der Waals surface area contributed by atoms with Gasteiger partial charge in [-0.05, 0) is 207 Å². The number of fused-ring (bicyclic) bond motifs is 4. The zero-order valence-electron chi connectivity index (χ0n) is 53.4. The molecule has 0 bridgehead atoms. The van der Waals surface area contributed by atoms with Crippen LogP contribution in [0.3, 0.4) is 0 Å². The Hall–Kier alpha value is -12.6. The lowest BCUT2D eigenvalue weighted by Crippen LogP contribution is -2.61. The zero-order chi connectivity index (χ0) is 64.5. The van der Waals surface area contributed by atoms with E-state index in [0.29, 0.717) is 0 Å². The van der Waals surface area contributed by atoms with Crippen LogP contribution in [-0.2, 0) is 5.41 Å². The van der Waals surface area contributed by atoms with Gasteiger partial charge >= 0.3 is 0 Å². The fourth-order valence-corrected chi connectivity index (χ4v) is 15.1. The summed E-state index contributed by atoms with van der Waals surface area (Å²) in [5, 5.41) is 0. The molecule has 2 heterocycles. The number of para-hydroxylation sites is 6. The summed E-state index contributed by atoms with van der Waals surface area (Å²) in [5.74, 6) is 0. The summed E-state index contributed by atoms with van der Waals surface area (Å²) in [5.41, 5.74) is 26.1. The van der Waals surface area contributed by atoms with Gasteiger partial charge < -0.3 is 24.5 Å². The van der Waals surface area contributed by atoms with Gasteiger partial charge in [0.05, 0.1) is 5.41 Å². The van der Waals surface area contributed by atoms with Crippen LogP contribution in [0.15, 0.2) is 400 Å². The molecule has 5 nitrogen and oxygen atoms in total. The normalized spacial score (nSPS) is 12.1. The third-order valence-electron chi connectivity index (χ3n) is 19.3. The maximum absolute atomic E-state index is 2.56. The second-order valence-corrected chi connectivity index (χ2v) is 24.8. The molecule has 17 rings (SSSR count). The monoisotopic (exact) mass is 1240 g/mol. The molecule has 97 heavy (non-hydrogen) atoms. The van der Waals surface area contributed by atoms with Crippen molar-refractivity contribution in [2.45, 2.75) is 5.41 Å². The largest absolute Gasteiger partial charge is 0.311 e. The van der Waals surface area contributed by atoms with Crippen molar-refractivity contribution in [1.29, 1.82) is 0 Å². The SMILES string of the molecule is c1ccc(-c2cc3c4c(c2)N(c2ccc(C(c5ccccc5)(c5ccccc5)c5ccccc5)cc2)c2ccc(N(c5ccccc5)c5ccccc5)cc2B4c2cc(N(c4ccccc4)c4ccccc4)ccc2N3c2ccc(N(c3ccccc3)c3ccccc3)cc2)cc1. The smallest absolute Gasteiger partial charge is 0.252 e. The molecule has 0 saturated heterocycles. The van der Waals surface area contributed by atoms with Crippen LogP contribution < -0.4 is 40.9 Å². The summed E-state index contributed by atoms with van der Waals surface area (Å²) in [6.45, 7) is -0.263. The molecule has 0 N–H and O–H groups in total. The minimum atomic E-state index is -0.642. The first-order valence-corrected chi connectivity index (χ1v) is 33.4. The second kappa shape index (κ2) is 25.3. The maximum Gasteiger partial charge on any atom is 0.252 e. The fraction of sp³-hybridized carbons (Fsp3) is 0.0110. The minimum absolute atomic E-state index is 0.263. The Morgan fingerprint density at radius 3 is 0.794 bits per heavy atom. The van der Waals surface area contributed by atoms with Gasteiger partial charge in [-0.2, -0.15) is 0 Å². The van der Waals surface area contributed by atoms with Crippen LogP contribution in [0.5, 0.6) is 0 Å². The Labute approximate surface area is 568 Å². The molecular formula is C91H66BN5. The molecule has 0 radical (unpaired) electrons. The topological polar surface area (TPSA) is 16.2 Å². The first-order chi connectivity index (χ1) is 48.2. The lowest BCUT2D eigenvalue weighted by molar-refractivity contribution is 0.745. The van der Waals surface area contributed by atoms with E-state index >= 15 is 0 Å². The van der Waals surface area contributed by atoms with Gasteiger partial charge in [0.15, 0.2) is 0 Å². The predicted molar refractivity (Wildman–Crippen MR) is 408 cm³/mol. The van der Waals surface area contributed by atoms with E-state index in [-0.39, 0.29) is 6.71 Å². The van der Waals surface area contributed by atoms with E-state index < -0.39 is 5.41 Å². The summed E-state index contributed by atoms with van der Waals surface area (Å²) >= 11 is 0. The number of hydrogen-bond acceptors (Lipinski definition) is 5. The highest BCUT2D eigenvalue weighted by Crippen LogP contribution is 2.51. The first-order valence-electron chi connectivity index (χ1n) is 33.4. The van der Waals surface area contributed by atoms with Gasteiger partial charge in [-0.1, -0.05) is 243 Å². The highest BCUT2D eigenvalue weighted by atomic mass is 15.2. The molecule has 458 valence electrons. The molecule has 2 aliphatic heterocycles. The molecule has 0 saturated carbocycles. The van der Waals surface area contributed by atoms with Crippen molar-refractivity contribution < 1.29 is 0 Å². The lowest BCUT2D eigenvalue weighted by atomic mass is 9.33. The second-order valence-electron chi connectivity index (χ2n) is 24.8. The maximum atomic E-state index is 2.56. The molecule has 0 aromatic heterocycles. The van der Waals surface area contributed by atoms with Crippen molar-refractivity contribution >= 4 is 108 Å². The molecule has 0 spiro atoms. The van der Waals surface area contributed by atoms with E-state index in [0.717, 1.165) is 96.4 Å². The first kappa shape index (κ1) is 58.2. The number of hydrogen-bond donors (Lipinski definition) is 0. The van der Waals surface area contributed by atoms with Gasteiger partial charge in [0, 0.05) is 85.3 Å². The predicted octanol–water partition coefficient (Wildman–Crippen LogP) is 22.2. The van der Waals surface area contributed by atoms with E-state index in [1.165, 1.54) is 38.6 Å². The zero-order valence-corrected chi connectivity index (χ0v) is 53.4. The molecule has 15 aromatic carbocycles. The van der Waals surface area contributed by atoms with Crippen molar-refractivity contribution in [2.24, 2.45) is 0 Å². The van der Waals surface area contributed by atoms with E-state index in [4.69, 9.17) is 0 Å². The fourth-order valence-electron chi connectivity index (χ4n) is 15.1. The van der Waals surface area contributed by atoms with Crippen LogP contribution in [0.1, 0.15) is 22.3 Å². The van der Waals surface area contributed by atoms with Crippen LogP contribution in [0.2, 0.25) is 0 Å². The van der Waals surface area contributed by atoms with Gasteiger partial charge in [0.1, 0.15) is 0 Å². The third-order valence-corrected chi connectivity index (χ3v) is 19.3. The molecule has 0 atom stereocenters. The van der Waals surface area contributed by atoms with Crippen LogP contribution in [0.25, 0.3) is 11.1 Å². The molecule has 0 fully saturated rings. The molecule has 2 aliphatic rings. The van der Waals surface area contributed by atoms with E-state index in [1.54, 1.807) is 0 Å². The van der Waals surface area contributed by atoms with Gasteiger partial charge in [0.2, 0.25) is 0 Å². The number of benzene rings is 15. The van der Waals surface area contributed by atoms with Crippen molar-refractivity contribution in [1.82, 2.24) is 0 Å². The highest BCUT2D eigenvalue weighted by molar-refractivity contribution is 7.00. The average molecular weight is 1240 g/mol. The summed E-state index contributed by atoms with van der Waals surface area (Å²) in [4.78, 5) is 12.2. The Kier molecular flexibility index (Phi) is 15.2. The number of nitrogens with zero attached hydrogens (tertiary/aromatic N) is 5. The molecule has 6 heteroatoms. The van der Waals surface area contributed by atoms with E-state index in [9.17, 15) is 0 Å². The molecule has 0 unspecified atom stereocenters. The molecular weight excluding hydrogens is 1170 g/mol. The minimum Gasteiger partial charge on any atom is -0.311 e. The van der Waals surface area contributed by atoms with Crippen molar-refractivity contribution in [3.63, 3.8) is 0 Å². The third kappa shape index (κ3) is 10.5. The van der Waals surface area contributed by atoms with E-state index in [1.807, 2.05) is 0 Å². The standard InChI is InChI=1S/C91H66BN5/c1-11-31-67(32-12-1)68-63-88-90-89(64-68)97(81-57-55-79(56-58-81)93(73-39-19-5-20-40-73)74-41-21-6-22-42-74)87-62-60-83(95(77-47-27-9-28-48-77)78-49-29-10-30-50-78)66-85(87)92(90)84-65-82(94(75-43-23-7-24-44-75)76-45-25-8-26-46-76)59-61-86(84)96(88)80-53-51-72(52-54-80)91(69-33-13-2-14-34-69,70-35-15-3-16-36-70)71-37-17-4-18-38-71/h1-66H. The Morgan fingerprint density at radius 2 is 0.464 bits per heavy atom. The van der Waals surface area contributed by atoms with Gasteiger partial charge in [0.25, 0.3) is 6.71 Å². The van der Waals surface area contributed by atoms with Crippen molar-refractivity contribution in [2.75, 3.05) is 24.5 Å². The Balaban J connectivity index is 0.947. The molecule has 0 amide bonds. The van der Waals surface area contributed by atoms with Gasteiger partial charge in [-0.15, -0.1) is 0 Å². The van der Waals surface area contributed by atoms with Crippen LogP contribution >= 0.6 is 0 Å². The van der Waals surface area contributed by atoms with Gasteiger partial charge in [-0.3, -0.25) is 0 Å². The Bertz CT molecular complexity index is 4980. The van der Waals surface area contributed by atoms with Crippen molar-refractivity contribution in [3.05, 3.63) is 423 Å². The Morgan fingerprint density at radius 1 is 0.206 bits per heavy atom. The summed E-state index contributed by atoms with van der Waals surface area (Å²) < 4.78 is 0. The average Bonchev–Trinajstić information content (AvgIpc) is 0.692. The lowest BCUT2D eigenvalue weighted by Gasteiger charge is -2.45. The van der Waals surface area contributed by atoms with Crippen LogP contribution in [0, 0.1) is 0 Å². The van der Waals surface area contributed by atoms with Crippen LogP contribution in [0.4, 0.5) is 85.3 Å². The summed E-state index contributed by atoms with van der Waals surface area (Å²) in [6.07, 6.45) is 0. The van der Waals surface area contributed by atoms with Gasteiger partial charge in [-0.25, -0.2) is 0 Å². The number of anilines is 15. The molecule has 0 aliphatic carbocycles. The van der Waals surface area contributed by atoms with Crippen molar-refractivity contribution in [3.8, 4) is 11.1 Å². The summed E-state index contributed by atoms with van der Waals surface area (Å²) in [7, 11) is 0. The molecule has 15 aromatic rings.